The van der Waals surface area contributed by atoms with Gasteiger partial charge in [-0.1, -0.05) is 13.3 Å². The summed E-state index contributed by atoms with van der Waals surface area (Å²) in [6.07, 6.45) is 0.377. The molecule has 0 aliphatic carbocycles. The van der Waals surface area contributed by atoms with Crippen LogP contribution in [0.25, 0.3) is 0 Å². The van der Waals surface area contributed by atoms with Crippen molar-refractivity contribution in [3.05, 3.63) is 0 Å². The summed E-state index contributed by atoms with van der Waals surface area (Å²) in [6.45, 7) is 3.01. The van der Waals surface area contributed by atoms with Gasteiger partial charge >= 0.3 is 26.2 Å². The average molecular weight is 279 g/mol. The molecule has 6 heteroatoms. The van der Waals surface area contributed by atoms with Crippen molar-refractivity contribution >= 4 is 17.7 Å². The fourth-order valence-corrected chi connectivity index (χ4v) is 0.407. The minimum absolute atomic E-state index is 0. The Bertz CT molecular complexity index is 178. The molecule has 0 radical (unpaired) electrons. The van der Waals surface area contributed by atoms with E-state index in [1.807, 2.05) is 0 Å². The van der Waals surface area contributed by atoms with Gasteiger partial charge < -0.3 is 19.8 Å². The predicted octanol–water partition coefficient (Wildman–Crippen LogP) is -1.75. The third-order valence-electron chi connectivity index (χ3n) is 0.847. The van der Waals surface area contributed by atoms with Crippen molar-refractivity contribution in [3.8, 4) is 0 Å². The molecule has 0 atom stereocenters. The second-order valence-electron chi connectivity index (χ2n) is 2.37. The van der Waals surface area contributed by atoms with Crippen LogP contribution < -0.4 is 10.2 Å². The molecule has 78 valence electrons. The van der Waals surface area contributed by atoms with E-state index >= 15 is 0 Å². The van der Waals surface area contributed by atoms with Crippen LogP contribution in [0.3, 0.4) is 0 Å². The Hall–Kier alpha value is -0.507. The molecule has 0 aromatic rings. The number of carboxylic acids is 2. The molecule has 0 saturated heterocycles. The van der Waals surface area contributed by atoms with Crippen LogP contribution in [-0.2, 0) is 40.6 Å². The van der Waals surface area contributed by atoms with Gasteiger partial charge in [0.05, 0.1) is 0 Å². The molecule has 0 aromatic carbocycles. The molecule has 0 fully saturated rings. The van der Waals surface area contributed by atoms with E-state index in [4.69, 9.17) is 0 Å². The first kappa shape index (κ1) is 19.1. The molecule has 14 heavy (non-hydrogen) atoms. The third-order valence-corrected chi connectivity index (χ3v) is 0.847. The maximum Gasteiger partial charge on any atom is 2.00 e. The predicted molar refractivity (Wildman–Crippen MR) is 40.2 cm³/mol. The Kier molecular flexibility index (Phi) is 17.1. The van der Waals surface area contributed by atoms with Crippen molar-refractivity contribution in [2.24, 2.45) is 0 Å². The number of carboxylic acid groups (broad SMARTS) is 2. The molecule has 0 unspecified atom stereocenters. The van der Waals surface area contributed by atoms with E-state index in [0.717, 1.165) is 0 Å². The number of carbonyl (C=O) groups excluding carboxylic acids is 3. The summed E-state index contributed by atoms with van der Waals surface area (Å²) < 4.78 is 0. The van der Waals surface area contributed by atoms with Crippen LogP contribution in [0.5, 0.6) is 0 Å². The molecule has 0 amide bonds. The normalized spacial score (nSPS) is 7.57. The van der Waals surface area contributed by atoms with Gasteiger partial charge in [0.1, 0.15) is 5.78 Å². The maximum absolute atomic E-state index is 9.83. The average Bonchev–Trinajstić information content (AvgIpc) is 1.83. The van der Waals surface area contributed by atoms with Crippen molar-refractivity contribution in [1.29, 1.82) is 0 Å². The summed E-state index contributed by atoms with van der Waals surface area (Å²) in [5.41, 5.74) is 0. The van der Waals surface area contributed by atoms with E-state index in [-0.39, 0.29) is 38.4 Å². The van der Waals surface area contributed by atoms with Crippen LogP contribution >= 0.6 is 0 Å². The number of ketones is 1. The zero-order valence-corrected chi connectivity index (χ0v) is 10.6. The molecule has 0 aliphatic rings. The molecular formula is C8H12O5Zr. The molecule has 0 N–H and O–H groups in total. The van der Waals surface area contributed by atoms with Crippen molar-refractivity contribution in [3.63, 3.8) is 0 Å². The molecule has 5 nitrogen and oxygen atoms in total. The summed E-state index contributed by atoms with van der Waals surface area (Å²) in [5.74, 6) is -2.65. The van der Waals surface area contributed by atoms with Gasteiger partial charge in [0.15, 0.2) is 0 Å². The Labute approximate surface area is 102 Å². The first-order valence-corrected chi connectivity index (χ1v) is 3.79. The largest absolute Gasteiger partial charge is 2.00 e. The third kappa shape index (κ3) is 30.0. The summed E-state index contributed by atoms with van der Waals surface area (Å²) in [6, 6.07) is 0. The molecular weight excluding hydrogens is 267 g/mol. The van der Waals surface area contributed by atoms with Crippen LogP contribution in [0.15, 0.2) is 0 Å². The molecule has 0 heterocycles. The van der Waals surface area contributed by atoms with Crippen molar-refractivity contribution in [2.75, 3.05) is 0 Å². The van der Waals surface area contributed by atoms with Gasteiger partial charge in [0, 0.05) is 18.4 Å². The van der Waals surface area contributed by atoms with Crippen LogP contribution in [0, 0.1) is 0 Å². The van der Waals surface area contributed by atoms with E-state index in [1.54, 1.807) is 6.92 Å². The van der Waals surface area contributed by atoms with Gasteiger partial charge in [-0.25, -0.2) is 0 Å². The molecule has 0 rings (SSSR count). The monoisotopic (exact) mass is 278 g/mol. The fraction of sp³-hybridized carbons (Fsp3) is 0.625. The molecule has 0 bridgehead atoms. The first-order chi connectivity index (χ1) is 5.90. The van der Waals surface area contributed by atoms with Gasteiger partial charge in [-0.15, -0.1) is 0 Å². The quantitative estimate of drug-likeness (QED) is 0.568. The van der Waals surface area contributed by atoms with Crippen molar-refractivity contribution < 1.29 is 50.8 Å². The van der Waals surface area contributed by atoms with E-state index in [9.17, 15) is 24.6 Å². The van der Waals surface area contributed by atoms with Crippen molar-refractivity contribution in [1.82, 2.24) is 0 Å². The topological polar surface area (TPSA) is 97.3 Å². The van der Waals surface area contributed by atoms with Crippen LogP contribution in [0.1, 0.15) is 33.1 Å². The maximum atomic E-state index is 9.83. The minimum Gasteiger partial charge on any atom is -0.550 e. The summed E-state index contributed by atoms with van der Waals surface area (Å²) in [7, 11) is 0. The van der Waals surface area contributed by atoms with Gasteiger partial charge in [-0.2, -0.15) is 0 Å². The number of aliphatic carboxylic acids is 2. The van der Waals surface area contributed by atoms with Gasteiger partial charge in [0.2, 0.25) is 0 Å². The van der Waals surface area contributed by atoms with E-state index in [1.165, 1.54) is 6.92 Å². The molecule has 0 aliphatic heterocycles. The number of carbonyl (C=O) groups is 3. The second kappa shape index (κ2) is 12.5. The Morgan fingerprint density at radius 3 is 1.50 bits per heavy atom. The second-order valence-corrected chi connectivity index (χ2v) is 2.37. The molecule has 0 aromatic heterocycles. The molecule has 0 saturated carbocycles. The van der Waals surface area contributed by atoms with Gasteiger partial charge in [-0.05, 0) is 13.3 Å². The van der Waals surface area contributed by atoms with Crippen molar-refractivity contribution in [2.45, 2.75) is 33.1 Å². The zero-order valence-electron chi connectivity index (χ0n) is 8.16. The summed E-state index contributed by atoms with van der Waals surface area (Å²) in [5, 5.41) is 19.0. The van der Waals surface area contributed by atoms with E-state index in [2.05, 4.69) is 0 Å². The van der Waals surface area contributed by atoms with E-state index < -0.39 is 18.4 Å². The van der Waals surface area contributed by atoms with Gasteiger partial charge in [-0.3, -0.25) is 4.79 Å². The summed E-state index contributed by atoms with van der Waals surface area (Å²) >= 11 is 0. The SMILES string of the molecule is CC(=O)CC(=O)[O-].CCCC(=O)[O-].[Zr+2]. The van der Waals surface area contributed by atoms with Crippen LogP contribution in [0.2, 0.25) is 0 Å². The fourth-order valence-electron chi connectivity index (χ4n) is 0.407. The minimum atomic E-state index is -1.31. The number of hydrogen-bond donors (Lipinski definition) is 0. The van der Waals surface area contributed by atoms with Gasteiger partial charge in [0.25, 0.3) is 0 Å². The smallest absolute Gasteiger partial charge is 0.550 e. The number of hydrogen-bond acceptors (Lipinski definition) is 5. The number of Topliss-reactive ketones (excluding diaryl/α,β-unsaturated/α-hetero) is 1. The molecule has 0 spiro atoms. The van der Waals surface area contributed by atoms with Crippen LogP contribution in [-0.4, -0.2) is 17.7 Å². The Balaban J connectivity index is -0.000000163. The number of rotatable bonds is 4. The first-order valence-electron chi connectivity index (χ1n) is 3.79. The summed E-state index contributed by atoms with van der Waals surface area (Å²) in [4.78, 5) is 28.8. The Morgan fingerprint density at radius 1 is 1.07 bits per heavy atom. The Morgan fingerprint density at radius 2 is 1.50 bits per heavy atom. The van der Waals surface area contributed by atoms with Crippen LogP contribution in [0.4, 0.5) is 0 Å². The zero-order chi connectivity index (χ0) is 10.9. The van der Waals surface area contributed by atoms with E-state index in [0.29, 0.717) is 6.42 Å². The standard InChI is InChI=1S/C4H6O3.C4H8O2.Zr/c1-3(5)2-4(6)7;1-2-3-4(5)6;/h2H2,1H3,(H,6,7);2-3H2,1H3,(H,5,6);/q;;+2/p-2.